The molecule has 3 heteroatoms. The predicted octanol–water partition coefficient (Wildman–Crippen LogP) is 1.54. The van der Waals surface area contributed by atoms with Crippen molar-refractivity contribution in [3.05, 3.63) is 30.1 Å². The molecule has 0 atom stereocenters. The lowest BCUT2D eigenvalue weighted by Crippen LogP contribution is -2.15. The fraction of sp³-hybridized carbons (Fsp3) is 0.455. The van der Waals surface area contributed by atoms with Crippen molar-refractivity contribution in [2.24, 2.45) is 0 Å². The lowest BCUT2D eigenvalue weighted by molar-refractivity contribution is -0.117. The van der Waals surface area contributed by atoms with Crippen LogP contribution in [0.1, 0.15) is 25.3 Å². The number of Topliss-reactive ketones (excluding diaryl/α,β-unsaturated/α-hetero) is 1. The van der Waals surface area contributed by atoms with Crippen molar-refractivity contribution in [2.45, 2.75) is 26.3 Å². The molecule has 76 valence electrons. The van der Waals surface area contributed by atoms with Crippen molar-refractivity contribution in [2.75, 3.05) is 6.54 Å². The zero-order valence-corrected chi connectivity index (χ0v) is 8.49. The van der Waals surface area contributed by atoms with E-state index < -0.39 is 0 Å². The van der Waals surface area contributed by atoms with Crippen molar-refractivity contribution in [3.8, 4) is 0 Å². The van der Waals surface area contributed by atoms with Gasteiger partial charge in [0.25, 0.3) is 0 Å². The molecule has 0 aromatic carbocycles. The molecule has 0 spiro atoms. The zero-order valence-electron chi connectivity index (χ0n) is 8.49. The number of rotatable bonds is 6. The van der Waals surface area contributed by atoms with Gasteiger partial charge in [-0.15, -0.1) is 0 Å². The van der Waals surface area contributed by atoms with Gasteiger partial charge in [-0.25, -0.2) is 0 Å². The van der Waals surface area contributed by atoms with Crippen LogP contribution in [0.4, 0.5) is 0 Å². The topological polar surface area (TPSA) is 42.0 Å². The normalized spacial score (nSPS) is 10.1. The Morgan fingerprint density at radius 2 is 2.14 bits per heavy atom. The summed E-state index contributed by atoms with van der Waals surface area (Å²) in [6, 6.07) is 3.97. The fourth-order valence-corrected chi connectivity index (χ4v) is 1.20. The van der Waals surface area contributed by atoms with Crippen LogP contribution in [-0.4, -0.2) is 17.3 Å². The number of aromatic nitrogens is 1. The molecule has 0 fully saturated rings. The molecule has 0 saturated heterocycles. The number of hydrogen-bond donors (Lipinski definition) is 1. The van der Waals surface area contributed by atoms with E-state index in [1.54, 1.807) is 19.3 Å². The summed E-state index contributed by atoms with van der Waals surface area (Å²) >= 11 is 0. The quantitative estimate of drug-likeness (QED) is 0.695. The summed E-state index contributed by atoms with van der Waals surface area (Å²) < 4.78 is 0. The first-order valence-electron chi connectivity index (χ1n) is 4.88. The van der Waals surface area contributed by atoms with Gasteiger partial charge in [-0.05, 0) is 37.6 Å². The third kappa shape index (κ3) is 4.72. The van der Waals surface area contributed by atoms with Crippen LogP contribution < -0.4 is 5.32 Å². The molecule has 0 aliphatic heterocycles. The first kappa shape index (κ1) is 10.9. The lowest BCUT2D eigenvalue weighted by Gasteiger charge is -2.03. The Bertz CT molecular complexity index is 272. The van der Waals surface area contributed by atoms with E-state index in [1.807, 2.05) is 12.1 Å². The summed E-state index contributed by atoms with van der Waals surface area (Å²) in [5.74, 6) is 0.260. The van der Waals surface area contributed by atoms with Crippen molar-refractivity contribution in [1.29, 1.82) is 0 Å². The highest BCUT2D eigenvalue weighted by Crippen LogP contribution is 1.95. The van der Waals surface area contributed by atoms with Crippen molar-refractivity contribution in [3.63, 3.8) is 0 Å². The summed E-state index contributed by atoms with van der Waals surface area (Å²) in [6.07, 6.45) is 5.16. The average Bonchev–Trinajstić information content (AvgIpc) is 2.18. The lowest BCUT2D eigenvalue weighted by atomic mass is 10.2. The minimum absolute atomic E-state index is 0.260. The van der Waals surface area contributed by atoms with E-state index in [1.165, 1.54) is 5.56 Å². The molecule has 1 aromatic rings. The van der Waals surface area contributed by atoms with Gasteiger partial charge in [-0.3, -0.25) is 4.98 Å². The van der Waals surface area contributed by atoms with Gasteiger partial charge in [0.2, 0.25) is 0 Å². The Morgan fingerprint density at radius 3 is 2.79 bits per heavy atom. The van der Waals surface area contributed by atoms with E-state index in [4.69, 9.17) is 0 Å². The number of hydrogen-bond acceptors (Lipinski definition) is 3. The van der Waals surface area contributed by atoms with Gasteiger partial charge in [0.05, 0.1) is 0 Å². The van der Waals surface area contributed by atoms with Gasteiger partial charge < -0.3 is 10.1 Å². The maximum Gasteiger partial charge on any atom is 0.129 e. The van der Waals surface area contributed by atoms with E-state index in [0.29, 0.717) is 6.42 Å². The number of nitrogens with zero attached hydrogens (tertiary/aromatic N) is 1. The second-order valence-corrected chi connectivity index (χ2v) is 3.34. The second kappa shape index (κ2) is 6.27. The number of ketones is 1. The molecule has 0 unspecified atom stereocenters. The van der Waals surface area contributed by atoms with E-state index >= 15 is 0 Å². The number of carbonyl (C=O) groups is 1. The van der Waals surface area contributed by atoms with Gasteiger partial charge in [0.15, 0.2) is 0 Å². The number of carbonyl (C=O) groups excluding carboxylic acids is 1. The highest BCUT2D eigenvalue weighted by Gasteiger charge is 1.93. The molecule has 0 radical (unpaired) electrons. The summed E-state index contributed by atoms with van der Waals surface area (Å²) in [6.45, 7) is 3.37. The van der Waals surface area contributed by atoms with Gasteiger partial charge >= 0.3 is 0 Å². The maximum atomic E-state index is 10.6. The Kier molecular flexibility index (Phi) is 4.86. The van der Waals surface area contributed by atoms with Crippen LogP contribution >= 0.6 is 0 Å². The molecule has 1 N–H and O–H groups in total. The summed E-state index contributed by atoms with van der Waals surface area (Å²) in [5, 5.41) is 3.28. The Morgan fingerprint density at radius 1 is 1.43 bits per heavy atom. The zero-order chi connectivity index (χ0) is 10.2. The highest BCUT2D eigenvalue weighted by atomic mass is 16.1. The smallest absolute Gasteiger partial charge is 0.129 e. The molecule has 0 amide bonds. The summed E-state index contributed by atoms with van der Waals surface area (Å²) in [7, 11) is 0. The Hall–Kier alpha value is -1.22. The van der Waals surface area contributed by atoms with E-state index in [9.17, 15) is 4.79 Å². The first-order valence-corrected chi connectivity index (χ1v) is 4.88. The molecule has 1 heterocycles. The molecular formula is C11H16N2O. The van der Waals surface area contributed by atoms with Crippen LogP contribution in [0.3, 0.4) is 0 Å². The van der Waals surface area contributed by atoms with Crippen LogP contribution in [0, 0.1) is 0 Å². The maximum absolute atomic E-state index is 10.6. The number of nitrogens with one attached hydrogen (secondary N) is 1. The Labute approximate surface area is 84.6 Å². The molecule has 3 nitrogen and oxygen atoms in total. The van der Waals surface area contributed by atoms with Crippen molar-refractivity contribution >= 4 is 5.78 Å². The molecule has 0 saturated carbocycles. The van der Waals surface area contributed by atoms with E-state index in [2.05, 4.69) is 10.3 Å². The van der Waals surface area contributed by atoms with Crippen LogP contribution in [-0.2, 0) is 11.3 Å². The van der Waals surface area contributed by atoms with Crippen LogP contribution in [0.2, 0.25) is 0 Å². The van der Waals surface area contributed by atoms with Gasteiger partial charge in [0.1, 0.15) is 5.78 Å². The molecule has 0 aliphatic rings. The number of pyridine rings is 1. The SMILES string of the molecule is CC(=O)CCCNCc1ccncc1. The molecule has 1 rings (SSSR count). The largest absolute Gasteiger partial charge is 0.313 e. The molecular weight excluding hydrogens is 176 g/mol. The molecule has 0 aliphatic carbocycles. The van der Waals surface area contributed by atoms with E-state index in [-0.39, 0.29) is 5.78 Å². The third-order valence-corrected chi connectivity index (χ3v) is 1.96. The van der Waals surface area contributed by atoms with Gasteiger partial charge in [-0.1, -0.05) is 0 Å². The van der Waals surface area contributed by atoms with Crippen molar-refractivity contribution < 1.29 is 4.79 Å². The minimum atomic E-state index is 0.260. The standard InChI is InChI=1S/C11H16N2O/c1-10(14)3-2-6-13-9-11-4-7-12-8-5-11/h4-5,7-8,13H,2-3,6,9H2,1H3. The highest BCUT2D eigenvalue weighted by molar-refractivity contribution is 5.75. The van der Waals surface area contributed by atoms with Gasteiger partial charge in [-0.2, -0.15) is 0 Å². The van der Waals surface area contributed by atoms with Crippen LogP contribution in [0.5, 0.6) is 0 Å². The molecule has 0 bridgehead atoms. The minimum Gasteiger partial charge on any atom is -0.313 e. The third-order valence-electron chi connectivity index (χ3n) is 1.96. The van der Waals surface area contributed by atoms with Crippen LogP contribution in [0.15, 0.2) is 24.5 Å². The summed E-state index contributed by atoms with van der Waals surface area (Å²) in [4.78, 5) is 14.6. The first-order chi connectivity index (χ1) is 6.79. The fourth-order valence-electron chi connectivity index (χ4n) is 1.20. The Balaban J connectivity index is 2.08. The monoisotopic (exact) mass is 192 g/mol. The predicted molar refractivity (Wildman–Crippen MR) is 55.9 cm³/mol. The average molecular weight is 192 g/mol. The van der Waals surface area contributed by atoms with E-state index in [0.717, 1.165) is 19.5 Å². The molecule has 1 aromatic heterocycles. The second-order valence-electron chi connectivity index (χ2n) is 3.34. The van der Waals surface area contributed by atoms with Gasteiger partial charge in [0, 0.05) is 25.4 Å². The molecule has 14 heavy (non-hydrogen) atoms. The van der Waals surface area contributed by atoms with Crippen molar-refractivity contribution in [1.82, 2.24) is 10.3 Å². The summed E-state index contributed by atoms with van der Waals surface area (Å²) in [5.41, 5.74) is 1.22. The van der Waals surface area contributed by atoms with Crippen LogP contribution in [0.25, 0.3) is 0 Å².